The molecule has 3 aliphatic rings. The third-order valence-corrected chi connectivity index (χ3v) is 24.9. The van der Waals surface area contributed by atoms with Gasteiger partial charge in [0.15, 0.2) is 18.9 Å². The molecule has 36 heteroatoms. The lowest BCUT2D eigenvalue weighted by molar-refractivity contribution is -0.255. The number of carbonyl (C=O) groups excluding carboxylic acids is 4. The van der Waals surface area contributed by atoms with E-state index in [1.54, 1.807) is 0 Å². The minimum atomic E-state index is -1.81. The molecule has 0 aromatic carbocycles. The van der Waals surface area contributed by atoms with Gasteiger partial charge in [-0.1, -0.05) is 93.9 Å². The molecular weight excluding hydrogens is 1620 g/mol. The van der Waals surface area contributed by atoms with Crippen molar-refractivity contribution in [2.45, 2.75) is 269 Å². The Balaban J connectivity index is 1.72. The van der Waals surface area contributed by atoms with Crippen molar-refractivity contribution in [2.24, 2.45) is 52.8 Å². The van der Waals surface area contributed by atoms with E-state index in [4.69, 9.17) is 127 Å². The number of rotatable bonds is 72. The van der Waals surface area contributed by atoms with Crippen LogP contribution in [0.2, 0.25) is 0 Å². The summed E-state index contributed by atoms with van der Waals surface area (Å²) in [6, 6.07) is 1.64. The van der Waals surface area contributed by atoms with Crippen LogP contribution >= 0.6 is 25.8 Å². The first-order chi connectivity index (χ1) is 57.7. The van der Waals surface area contributed by atoms with Crippen molar-refractivity contribution in [3.8, 4) is 6.07 Å². The van der Waals surface area contributed by atoms with E-state index in [1.165, 1.54) is 27.7 Å². The molecule has 0 saturated carbocycles. The standard InChI is InChI=1S/C84H149N6O27P3/c1-62(2)90(63(3)4)83(101-51-35-85)105-61-84(58-95-39-32-48-109-118(112-52-36-86-17)106-45-29-23-20-26-42-98-80-70(11)64(5)66(7)76(115-80)55-102-73(14)92,59-96-40-33-49-110-119(113-53-37-87-18)107-46-30-24-21-27-43-99-81-71(12)65(6)67(8)77(116-81)56-103-74(15)93)60-97-41-34-50-111-120(114-54-38-88-19)108-47-31-25-22-28-44-100-82-79(89-72(13)91)69(10)68(9)78(117-82)57-104-75(16)94/h62-71,76-83H,20-34,36-61H2,1-16H3,(H,89,91)/t64-,65-,66+,67+,68+,69-,70?,71?,76?,77?,78?,79?,80+,81+,82+,83?,84?,118?,119?,120?/m0/s1. The number of hydrogen-bond donors (Lipinski definition) is 1. The van der Waals surface area contributed by atoms with Crippen LogP contribution in [0, 0.1) is 83.8 Å². The van der Waals surface area contributed by atoms with Gasteiger partial charge in [-0.05, 0) is 121 Å². The van der Waals surface area contributed by atoms with Crippen molar-refractivity contribution in [1.29, 1.82) is 5.26 Å². The number of esters is 3. The third kappa shape index (κ3) is 47.7. The lowest BCUT2D eigenvalue weighted by atomic mass is 9.79. The average molecular weight is 1770 g/mol. The summed E-state index contributed by atoms with van der Waals surface area (Å²) in [5.41, 5.74) is -0.980. The Hall–Kier alpha value is -3.71. The molecule has 0 aliphatic carbocycles. The predicted octanol–water partition coefficient (Wildman–Crippen LogP) is 14.9. The van der Waals surface area contributed by atoms with Crippen LogP contribution in [0.25, 0.3) is 14.5 Å². The number of nitrogens with one attached hydrogen (secondary N) is 1. The largest absolute Gasteiger partial charge is 0.463 e. The van der Waals surface area contributed by atoms with Crippen LogP contribution in [0.1, 0.15) is 207 Å². The first kappa shape index (κ1) is 110. The second kappa shape index (κ2) is 67.6. The van der Waals surface area contributed by atoms with Crippen molar-refractivity contribution in [3.63, 3.8) is 0 Å². The fourth-order valence-corrected chi connectivity index (χ4v) is 16.6. The highest BCUT2D eigenvalue weighted by Crippen LogP contribution is 2.44. The molecule has 1 N–H and O–H groups in total. The van der Waals surface area contributed by atoms with E-state index in [0.29, 0.717) is 77.2 Å². The molecule has 120 heavy (non-hydrogen) atoms. The molecule has 3 aliphatic heterocycles. The molecule has 33 nitrogen and oxygen atoms in total. The maximum absolute atomic E-state index is 12.2. The molecule has 19 atom stereocenters. The summed E-state index contributed by atoms with van der Waals surface area (Å²) in [7, 11) is -5.36. The van der Waals surface area contributed by atoms with Crippen molar-refractivity contribution in [1.82, 2.24) is 10.2 Å². The third-order valence-electron chi connectivity index (χ3n) is 21.4. The van der Waals surface area contributed by atoms with Crippen LogP contribution in [0.5, 0.6) is 0 Å². The monoisotopic (exact) mass is 1770 g/mol. The molecule has 0 bridgehead atoms. The quantitative estimate of drug-likeness (QED) is 0.0148. The Morgan fingerprint density at radius 3 is 1.02 bits per heavy atom. The zero-order valence-electron chi connectivity index (χ0n) is 75.0. The maximum Gasteiger partial charge on any atom is 0.332 e. The normalized spacial score (nSPS) is 24.7. The minimum absolute atomic E-state index is 0.00106. The van der Waals surface area contributed by atoms with E-state index in [-0.39, 0.29) is 234 Å². The molecule has 3 saturated heterocycles. The molecule has 0 radical (unpaired) electrons. The summed E-state index contributed by atoms with van der Waals surface area (Å²) in [6.45, 7) is 58.1. The first-order valence-corrected chi connectivity index (χ1v) is 46.7. The first-order valence-electron chi connectivity index (χ1n) is 43.4. The molecule has 10 unspecified atom stereocenters. The van der Waals surface area contributed by atoms with Crippen LogP contribution in [-0.4, -0.2) is 262 Å². The summed E-state index contributed by atoms with van der Waals surface area (Å²) in [6.07, 6.45) is 7.88. The summed E-state index contributed by atoms with van der Waals surface area (Å²) in [4.78, 5) is 59.3. The summed E-state index contributed by atoms with van der Waals surface area (Å²) < 4.78 is 141. The number of hydrogen-bond acceptors (Lipinski definition) is 29. The zero-order valence-corrected chi connectivity index (χ0v) is 77.7. The van der Waals surface area contributed by atoms with Crippen LogP contribution in [0.15, 0.2) is 0 Å². The second-order valence-corrected chi connectivity index (χ2v) is 35.4. The van der Waals surface area contributed by atoms with Gasteiger partial charge >= 0.3 is 43.7 Å². The Labute approximate surface area is 721 Å². The highest BCUT2D eigenvalue weighted by molar-refractivity contribution is 7.42. The van der Waals surface area contributed by atoms with E-state index < -0.39 is 49.9 Å². The molecule has 0 aromatic heterocycles. The van der Waals surface area contributed by atoms with Gasteiger partial charge in [-0.3, -0.25) is 24.1 Å². The van der Waals surface area contributed by atoms with Crippen molar-refractivity contribution in [2.75, 3.05) is 172 Å². The number of nitriles is 1. The fourth-order valence-electron chi connectivity index (χ4n) is 13.6. The van der Waals surface area contributed by atoms with Crippen LogP contribution in [0.4, 0.5) is 0 Å². The van der Waals surface area contributed by atoms with Crippen molar-refractivity contribution in [3.05, 3.63) is 34.3 Å². The molecule has 0 aromatic rings. The Morgan fingerprint density at radius 2 is 0.708 bits per heavy atom. The maximum atomic E-state index is 12.2. The van der Waals surface area contributed by atoms with E-state index in [9.17, 15) is 24.4 Å². The summed E-state index contributed by atoms with van der Waals surface area (Å²) in [5.74, 6) is 0.177. The van der Waals surface area contributed by atoms with Crippen molar-refractivity contribution < 1.29 is 126 Å². The van der Waals surface area contributed by atoms with Gasteiger partial charge in [-0.2, -0.15) is 5.26 Å². The van der Waals surface area contributed by atoms with Gasteiger partial charge in [0.2, 0.25) is 32.0 Å². The molecule has 0 spiro atoms. The van der Waals surface area contributed by atoms with Gasteiger partial charge in [0, 0.05) is 91.3 Å². The number of nitrogens with zero attached hydrogens (tertiary/aromatic N) is 5. The SMILES string of the molecule is [C-]#[N+]CCOP(OCCCCCCO[C@@H]1OC(COC(C)=O)[C@H](C)[C@H](C)C1C)OCCCOCC(COCCCOP(OCCCCCCO[C@@H]1OC(COC(C)=O)[C@H](C)[C@H](C)C1C)OCC[N+]#[C-])(COCCCOP(OCCCCCCO[C@@H]1OC(COC(C)=O)[C@H](C)[C@H](C)C1NC(C)=O)OCC[N+]#[C-])COC(OCC#N)N(C(C)C)C(C)C. The van der Waals surface area contributed by atoms with Gasteiger partial charge in [0.1, 0.15) is 46.2 Å². The topological polar surface area (TPSA) is 333 Å². The smallest absolute Gasteiger partial charge is 0.332 e. The van der Waals surface area contributed by atoms with Crippen molar-refractivity contribution >= 4 is 49.6 Å². The summed E-state index contributed by atoms with van der Waals surface area (Å²) >= 11 is 0. The van der Waals surface area contributed by atoms with Gasteiger partial charge in [0.05, 0.1) is 102 Å². The van der Waals surface area contributed by atoms with Crippen LogP contribution in [0.3, 0.4) is 0 Å². The molecular formula is C84H149N6O27P3. The number of amides is 1. The highest BCUT2D eigenvalue weighted by atomic mass is 31.2. The number of carbonyl (C=O) groups is 4. The minimum Gasteiger partial charge on any atom is -0.463 e. The van der Waals surface area contributed by atoms with Gasteiger partial charge in [-0.25, -0.2) is 19.7 Å². The lowest BCUT2D eigenvalue weighted by Crippen LogP contribution is -2.58. The Morgan fingerprint density at radius 1 is 0.400 bits per heavy atom. The van der Waals surface area contributed by atoms with E-state index in [0.717, 1.165) is 70.6 Å². The fraction of sp³-hybridized carbons (Fsp3) is 0.905. The zero-order chi connectivity index (χ0) is 88.3. The summed E-state index contributed by atoms with van der Waals surface area (Å²) in [5, 5.41) is 12.8. The molecule has 3 fully saturated rings. The van der Waals surface area contributed by atoms with Gasteiger partial charge in [-0.15, -0.1) is 0 Å². The van der Waals surface area contributed by atoms with Gasteiger partial charge < -0.3 is 127 Å². The number of ether oxygens (including phenoxy) is 14. The molecule has 3 rings (SSSR count). The Kier molecular flexibility index (Phi) is 62.2. The van der Waals surface area contributed by atoms with Crippen LogP contribution < -0.4 is 5.32 Å². The highest BCUT2D eigenvalue weighted by Gasteiger charge is 2.45. The second-order valence-electron chi connectivity index (χ2n) is 31.7. The van der Waals surface area contributed by atoms with Gasteiger partial charge in [0.25, 0.3) is 0 Å². The predicted molar refractivity (Wildman–Crippen MR) is 451 cm³/mol. The molecule has 3 heterocycles. The van der Waals surface area contributed by atoms with E-state index in [2.05, 4.69) is 67.5 Å². The molecule has 692 valence electrons. The van der Waals surface area contributed by atoms with Crippen LogP contribution in [-0.2, 0) is 126 Å². The van der Waals surface area contributed by atoms with E-state index in [1.807, 2.05) is 46.4 Å². The van der Waals surface area contributed by atoms with E-state index >= 15 is 0 Å². The number of unbranched alkanes of at least 4 members (excludes halogenated alkanes) is 9. The Bertz CT molecular complexity index is 2760. The lowest BCUT2D eigenvalue weighted by Gasteiger charge is -2.44. The molecule has 1 amide bonds. The average Bonchev–Trinajstić information content (AvgIpc) is 0.816.